The Kier molecular flexibility index (Phi) is 4.35. The molecule has 1 aliphatic carbocycles. The van der Waals surface area contributed by atoms with Crippen molar-refractivity contribution in [3.63, 3.8) is 0 Å². The lowest BCUT2D eigenvalue weighted by molar-refractivity contribution is -0.111. The molecule has 4 nitrogen and oxygen atoms in total. The summed E-state index contributed by atoms with van der Waals surface area (Å²) in [5.41, 5.74) is 5.03. The SMILES string of the molecule is Cc1cc(/C=C/C(=O)Nc2cccc(CO)c2)c(C)n1C1CC1. The number of carbonyl (C=O) groups is 1. The maximum atomic E-state index is 12.1. The van der Waals surface area contributed by atoms with E-state index in [0.29, 0.717) is 11.7 Å². The van der Waals surface area contributed by atoms with E-state index < -0.39 is 0 Å². The third-order valence-electron chi connectivity index (χ3n) is 4.23. The molecule has 1 aromatic heterocycles. The van der Waals surface area contributed by atoms with E-state index in [9.17, 15) is 4.79 Å². The Hall–Kier alpha value is -2.33. The quantitative estimate of drug-likeness (QED) is 0.829. The van der Waals surface area contributed by atoms with Crippen LogP contribution in [0.4, 0.5) is 5.69 Å². The first-order valence-corrected chi connectivity index (χ1v) is 7.96. The van der Waals surface area contributed by atoms with Gasteiger partial charge in [0, 0.05) is 29.2 Å². The molecular formula is C19H22N2O2. The Balaban J connectivity index is 1.70. The number of carbonyl (C=O) groups excluding carboxylic acids is 1. The molecule has 2 N–H and O–H groups in total. The van der Waals surface area contributed by atoms with Gasteiger partial charge < -0.3 is 15.0 Å². The number of aliphatic hydroxyl groups is 1. The maximum Gasteiger partial charge on any atom is 0.248 e. The summed E-state index contributed by atoms with van der Waals surface area (Å²) in [4.78, 5) is 12.1. The normalized spacial score (nSPS) is 14.4. The molecule has 0 saturated heterocycles. The second-order valence-electron chi connectivity index (χ2n) is 6.11. The standard InChI is InChI=1S/C19H22N2O2/c1-13-10-16(14(2)21(13)18-7-8-18)6-9-19(23)20-17-5-3-4-15(11-17)12-22/h3-6,9-11,18,22H,7-8,12H2,1-2H3,(H,20,23)/b9-6+. The topological polar surface area (TPSA) is 54.3 Å². The summed E-state index contributed by atoms with van der Waals surface area (Å²) in [5.74, 6) is -0.170. The van der Waals surface area contributed by atoms with E-state index >= 15 is 0 Å². The summed E-state index contributed by atoms with van der Waals surface area (Å²) in [5, 5.41) is 11.9. The predicted octanol–water partition coefficient (Wildman–Crippen LogP) is 3.58. The minimum Gasteiger partial charge on any atom is -0.392 e. The number of aromatic nitrogens is 1. The maximum absolute atomic E-state index is 12.1. The van der Waals surface area contributed by atoms with Crippen molar-refractivity contribution in [3.8, 4) is 0 Å². The number of nitrogens with one attached hydrogen (secondary N) is 1. The van der Waals surface area contributed by atoms with E-state index in [4.69, 9.17) is 5.11 Å². The molecule has 1 aromatic carbocycles. The van der Waals surface area contributed by atoms with Crippen molar-refractivity contribution in [1.82, 2.24) is 4.57 Å². The second-order valence-corrected chi connectivity index (χ2v) is 6.11. The van der Waals surface area contributed by atoms with Crippen LogP contribution >= 0.6 is 0 Å². The van der Waals surface area contributed by atoms with Crippen LogP contribution in [-0.2, 0) is 11.4 Å². The van der Waals surface area contributed by atoms with Crippen LogP contribution in [0.5, 0.6) is 0 Å². The van der Waals surface area contributed by atoms with Crippen LogP contribution in [0.25, 0.3) is 6.08 Å². The van der Waals surface area contributed by atoms with Crippen molar-refractivity contribution >= 4 is 17.7 Å². The Morgan fingerprint density at radius 1 is 1.35 bits per heavy atom. The molecule has 0 unspecified atom stereocenters. The van der Waals surface area contributed by atoms with E-state index in [1.807, 2.05) is 24.3 Å². The van der Waals surface area contributed by atoms with Crippen LogP contribution in [0.1, 0.15) is 41.4 Å². The first kappa shape index (κ1) is 15.6. The molecule has 0 bridgehead atoms. The first-order valence-electron chi connectivity index (χ1n) is 7.96. The Bertz CT molecular complexity index is 755. The molecule has 1 saturated carbocycles. The number of rotatable bonds is 5. The molecule has 3 rings (SSSR count). The molecule has 1 fully saturated rings. The van der Waals surface area contributed by atoms with Crippen LogP contribution in [0.15, 0.2) is 36.4 Å². The highest BCUT2D eigenvalue weighted by atomic mass is 16.3. The highest BCUT2D eigenvalue weighted by Gasteiger charge is 2.26. The van der Waals surface area contributed by atoms with Crippen LogP contribution in [0.2, 0.25) is 0 Å². The molecule has 0 spiro atoms. The summed E-state index contributed by atoms with van der Waals surface area (Å²) in [6.45, 7) is 4.18. The van der Waals surface area contributed by atoms with Crippen molar-refractivity contribution in [2.75, 3.05) is 5.32 Å². The second kappa shape index (κ2) is 6.42. The molecule has 23 heavy (non-hydrogen) atoms. The average Bonchev–Trinajstić information content (AvgIpc) is 3.32. The van der Waals surface area contributed by atoms with Gasteiger partial charge >= 0.3 is 0 Å². The predicted molar refractivity (Wildman–Crippen MR) is 92.2 cm³/mol. The number of benzene rings is 1. The van der Waals surface area contributed by atoms with Gasteiger partial charge in [0.2, 0.25) is 5.91 Å². The Morgan fingerprint density at radius 3 is 2.83 bits per heavy atom. The van der Waals surface area contributed by atoms with Gasteiger partial charge in [-0.25, -0.2) is 0 Å². The third-order valence-corrected chi connectivity index (χ3v) is 4.23. The number of hydrogen-bond acceptors (Lipinski definition) is 2. The van der Waals surface area contributed by atoms with Crippen LogP contribution < -0.4 is 5.32 Å². The van der Waals surface area contributed by atoms with Gasteiger partial charge in [0.15, 0.2) is 0 Å². The summed E-state index contributed by atoms with van der Waals surface area (Å²) in [7, 11) is 0. The van der Waals surface area contributed by atoms with Gasteiger partial charge in [-0.2, -0.15) is 0 Å². The zero-order valence-electron chi connectivity index (χ0n) is 13.5. The zero-order valence-corrected chi connectivity index (χ0v) is 13.5. The minimum atomic E-state index is -0.170. The third kappa shape index (κ3) is 3.54. The smallest absolute Gasteiger partial charge is 0.248 e. The number of aryl methyl sites for hydroxylation is 1. The lowest BCUT2D eigenvalue weighted by Crippen LogP contribution is -2.08. The molecule has 1 amide bonds. The van der Waals surface area contributed by atoms with E-state index in [2.05, 4.69) is 29.8 Å². The van der Waals surface area contributed by atoms with Gasteiger partial charge in [0.25, 0.3) is 0 Å². The zero-order chi connectivity index (χ0) is 16.4. The minimum absolute atomic E-state index is 0.0350. The lowest BCUT2D eigenvalue weighted by Gasteiger charge is -2.06. The Morgan fingerprint density at radius 2 is 2.13 bits per heavy atom. The van der Waals surface area contributed by atoms with Gasteiger partial charge in [-0.1, -0.05) is 12.1 Å². The van der Waals surface area contributed by atoms with Gasteiger partial charge in [0.1, 0.15) is 0 Å². The first-order chi connectivity index (χ1) is 11.1. The fourth-order valence-electron chi connectivity index (χ4n) is 2.96. The van der Waals surface area contributed by atoms with Crippen molar-refractivity contribution < 1.29 is 9.90 Å². The van der Waals surface area contributed by atoms with Gasteiger partial charge in [-0.15, -0.1) is 0 Å². The van der Waals surface area contributed by atoms with Crippen LogP contribution in [0.3, 0.4) is 0 Å². The molecule has 120 valence electrons. The molecule has 2 aromatic rings. The van der Waals surface area contributed by atoms with Crippen molar-refractivity contribution in [1.29, 1.82) is 0 Å². The monoisotopic (exact) mass is 310 g/mol. The fourth-order valence-corrected chi connectivity index (χ4v) is 2.96. The number of anilines is 1. The van der Waals surface area contributed by atoms with E-state index in [1.54, 1.807) is 12.1 Å². The van der Waals surface area contributed by atoms with E-state index in [1.165, 1.54) is 24.2 Å². The molecule has 0 radical (unpaired) electrons. The van der Waals surface area contributed by atoms with Gasteiger partial charge in [-0.3, -0.25) is 4.79 Å². The molecule has 0 atom stereocenters. The molecule has 0 aliphatic heterocycles. The van der Waals surface area contributed by atoms with Crippen LogP contribution in [-0.4, -0.2) is 15.6 Å². The summed E-state index contributed by atoms with van der Waals surface area (Å²) < 4.78 is 2.36. The summed E-state index contributed by atoms with van der Waals surface area (Å²) in [6, 6.07) is 9.98. The molecule has 4 heteroatoms. The molecule has 1 aliphatic rings. The van der Waals surface area contributed by atoms with Crippen molar-refractivity contribution in [2.24, 2.45) is 0 Å². The van der Waals surface area contributed by atoms with E-state index in [-0.39, 0.29) is 12.5 Å². The Labute approximate surface area is 136 Å². The lowest BCUT2D eigenvalue weighted by atomic mass is 10.2. The van der Waals surface area contributed by atoms with Gasteiger partial charge in [0.05, 0.1) is 6.61 Å². The van der Waals surface area contributed by atoms with Crippen molar-refractivity contribution in [2.45, 2.75) is 39.3 Å². The number of hydrogen-bond donors (Lipinski definition) is 2. The summed E-state index contributed by atoms with van der Waals surface area (Å²) in [6.07, 6.45) is 5.93. The van der Waals surface area contributed by atoms with Crippen LogP contribution in [0, 0.1) is 13.8 Å². The largest absolute Gasteiger partial charge is 0.392 e. The number of aliphatic hydroxyl groups excluding tert-OH is 1. The highest BCUT2D eigenvalue weighted by Crippen LogP contribution is 2.38. The fraction of sp³-hybridized carbons (Fsp3) is 0.316. The van der Waals surface area contributed by atoms with Gasteiger partial charge in [-0.05, 0) is 62.1 Å². The van der Waals surface area contributed by atoms with E-state index in [0.717, 1.165) is 11.1 Å². The highest BCUT2D eigenvalue weighted by molar-refractivity contribution is 6.02. The number of amides is 1. The molecule has 1 heterocycles. The summed E-state index contributed by atoms with van der Waals surface area (Å²) >= 11 is 0. The van der Waals surface area contributed by atoms with Crippen molar-refractivity contribution in [3.05, 3.63) is 58.9 Å². The average molecular weight is 310 g/mol. The molecular weight excluding hydrogens is 288 g/mol. The number of nitrogens with zero attached hydrogens (tertiary/aromatic N) is 1.